The van der Waals surface area contributed by atoms with Crippen molar-refractivity contribution in [3.63, 3.8) is 0 Å². The van der Waals surface area contributed by atoms with Gasteiger partial charge in [-0.2, -0.15) is 0 Å². The average Bonchev–Trinajstić information content (AvgIpc) is 3.13. The normalized spacial score (nSPS) is 10.4. The van der Waals surface area contributed by atoms with Crippen LogP contribution in [0.25, 0.3) is 0 Å². The van der Waals surface area contributed by atoms with Crippen LogP contribution in [0.3, 0.4) is 0 Å². The van der Waals surface area contributed by atoms with Gasteiger partial charge in [0.15, 0.2) is 13.2 Å². The Morgan fingerprint density at radius 2 is 2.04 bits per heavy atom. The largest absolute Gasteiger partial charge is 0.490 e. The van der Waals surface area contributed by atoms with Crippen molar-refractivity contribution in [1.82, 2.24) is 10.2 Å². The van der Waals surface area contributed by atoms with Gasteiger partial charge < -0.3 is 18.6 Å². The highest BCUT2D eigenvalue weighted by atomic mass is 16.6. The topological polar surface area (TPSA) is 156 Å². The highest BCUT2D eigenvalue weighted by Crippen LogP contribution is 2.30. The van der Waals surface area contributed by atoms with Crippen molar-refractivity contribution in [2.45, 2.75) is 19.8 Å². The minimum absolute atomic E-state index is 0.00572. The Morgan fingerprint density at radius 1 is 1.29 bits per heavy atom. The minimum Gasteiger partial charge on any atom is -0.490 e. The molecule has 12 nitrogen and oxygen atoms in total. The van der Waals surface area contributed by atoms with Crippen molar-refractivity contribution in [1.29, 1.82) is 0 Å². The highest BCUT2D eigenvalue weighted by Gasteiger charge is 2.17. The molecular weight excluding hydrogens is 376 g/mol. The second kappa shape index (κ2) is 9.30. The smallest absolute Gasteiger partial charge is 0.344 e. The number of esters is 1. The van der Waals surface area contributed by atoms with Crippen LogP contribution in [0.15, 0.2) is 22.6 Å². The van der Waals surface area contributed by atoms with E-state index < -0.39 is 30.0 Å². The number of carbonyl (C=O) groups excluding carboxylic acids is 2. The third kappa shape index (κ3) is 5.65. The minimum atomic E-state index is -0.819. The van der Waals surface area contributed by atoms with Crippen LogP contribution in [0.2, 0.25) is 0 Å². The van der Waals surface area contributed by atoms with E-state index in [2.05, 4.69) is 15.5 Å². The number of nitro benzene ring substituents is 1. The number of hydrogen-bond acceptors (Lipinski definition) is 10. The summed E-state index contributed by atoms with van der Waals surface area (Å²) in [6.45, 7) is 2.61. The predicted molar refractivity (Wildman–Crippen MR) is 93.1 cm³/mol. The summed E-state index contributed by atoms with van der Waals surface area (Å²) in [5.41, 5.74) is -0.240. The molecule has 1 amide bonds. The first-order valence-electron chi connectivity index (χ1n) is 8.04. The third-order valence-corrected chi connectivity index (χ3v) is 3.25. The molecule has 2 aromatic rings. The van der Waals surface area contributed by atoms with Crippen LogP contribution in [-0.4, -0.2) is 47.3 Å². The van der Waals surface area contributed by atoms with E-state index in [0.29, 0.717) is 5.89 Å². The highest BCUT2D eigenvalue weighted by molar-refractivity contribution is 5.90. The molecule has 28 heavy (non-hydrogen) atoms. The van der Waals surface area contributed by atoms with Gasteiger partial charge in [0.25, 0.3) is 5.91 Å². The van der Waals surface area contributed by atoms with E-state index in [9.17, 15) is 19.7 Å². The van der Waals surface area contributed by atoms with Gasteiger partial charge in [-0.25, -0.2) is 4.79 Å². The Balaban J connectivity index is 1.79. The molecular formula is C16H18N4O8. The van der Waals surface area contributed by atoms with Crippen LogP contribution in [-0.2, 0) is 14.3 Å². The monoisotopic (exact) mass is 394 g/mol. The molecule has 0 unspecified atom stereocenters. The quantitative estimate of drug-likeness (QED) is 0.377. The van der Waals surface area contributed by atoms with E-state index in [1.807, 2.05) is 13.8 Å². The molecule has 2 rings (SSSR count). The van der Waals surface area contributed by atoms with Gasteiger partial charge in [0.2, 0.25) is 11.6 Å². The van der Waals surface area contributed by atoms with Gasteiger partial charge in [0.1, 0.15) is 5.75 Å². The zero-order valence-corrected chi connectivity index (χ0v) is 15.3. The summed E-state index contributed by atoms with van der Waals surface area (Å²) >= 11 is 0. The summed E-state index contributed by atoms with van der Waals surface area (Å²) in [6.07, 6.45) is 0. The Labute approximate surface area is 158 Å². The zero-order chi connectivity index (χ0) is 20.7. The number of methoxy groups -OCH3 is 1. The number of nitrogens with one attached hydrogen (secondary N) is 1. The summed E-state index contributed by atoms with van der Waals surface area (Å²) < 4.78 is 20.0. The van der Waals surface area contributed by atoms with E-state index >= 15 is 0 Å². The van der Waals surface area contributed by atoms with Crippen molar-refractivity contribution in [2.75, 3.05) is 25.6 Å². The fourth-order valence-corrected chi connectivity index (χ4v) is 1.90. The van der Waals surface area contributed by atoms with Crippen LogP contribution >= 0.6 is 0 Å². The summed E-state index contributed by atoms with van der Waals surface area (Å²) in [4.78, 5) is 33.6. The van der Waals surface area contributed by atoms with Crippen molar-refractivity contribution in [2.24, 2.45) is 0 Å². The van der Waals surface area contributed by atoms with Crippen molar-refractivity contribution in [3.8, 4) is 11.5 Å². The molecule has 150 valence electrons. The molecule has 12 heteroatoms. The van der Waals surface area contributed by atoms with Crippen molar-refractivity contribution < 1.29 is 33.1 Å². The first kappa shape index (κ1) is 20.6. The number of amides is 1. The zero-order valence-electron chi connectivity index (χ0n) is 15.3. The van der Waals surface area contributed by atoms with Crippen LogP contribution in [0, 0.1) is 10.1 Å². The maximum Gasteiger partial charge on any atom is 0.344 e. The number of anilines is 1. The molecule has 1 N–H and O–H groups in total. The lowest BCUT2D eigenvalue weighted by molar-refractivity contribution is -0.385. The van der Waals surface area contributed by atoms with E-state index in [1.165, 1.54) is 25.3 Å². The Hall–Kier alpha value is -3.70. The number of hydrogen-bond donors (Lipinski definition) is 1. The van der Waals surface area contributed by atoms with E-state index in [-0.39, 0.29) is 29.1 Å². The van der Waals surface area contributed by atoms with Crippen molar-refractivity contribution in [3.05, 3.63) is 34.2 Å². The summed E-state index contributed by atoms with van der Waals surface area (Å²) in [6, 6.07) is 3.66. The lowest BCUT2D eigenvalue weighted by Gasteiger charge is -2.08. The molecule has 0 spiro atoms. The average molecular weight is 394 g/mol. The van der Waals surface area contributed by atoms with E-state index in [0.717, 1.165) is 0 Å². The van der Waals surface area contributed by atoms with Crippen LogP contribution in [0.1, 0.15) is 25.7 Å². The molecule has 0 saturated carbocycles. The van der Waals surface area contributed by atoms with Crippen molar-refractivity contribution >= 4 is 23.6 Å². The van der Waals surface area contributed by atoms with E-state index in [4.69, 9.17) is 18.6 Å². The van der Waals surface area contributed by atoms with Gasteiger partial charge in [-0.3, -0.25) is 20.2 Å². The lowest BCUT2D eigenvalue weighted by atomic mass is 10.2. The first-order valence-corrected chi connectivity index (χ1v) is 8.04. The molecule has 0 aliphatic carbocycles. The summed E-state index contributed by atoms with van der Waals surface area (Å²) in [7, 11) is 1.27. The second-order valence-electron chi connectivity index (χ2n) is 5.69. The molecule has 1 aromatic carbocycles. The summed E-state index contributed by atoms with van der Waals surface area (Å²) in [5.74, 6) is -0.970. The maximum absolute atomic E-state index is 11.7. The van der Waals surface area contributed by atoms with Crippen LogP contribution < -0.4 is 14.8 Å². The molecule has 1 heterocycles. The Morgan fingerprint density at radius 3 is 2.64 bits per heavy atom. The van der Waals surface area contributed by atoms with Crippen LogP contribution in [0.4, 0.5) is 11.7 Å². The number of rotatable bonds is 9. The number of benzene rings is 1. The fourth-order valence-electron chi connectivity index (χ4n) is 1.90. The Bertz CT molecular complexity index is 864. The van der Waals surface area contributed by atoms with Gasteiger partial charge in [-0.05, 0) is 6.07 Å². The number of nitro groups is 1. The van der Waals surface area contributed by atoms with Gasteiger partial charge >= 0.3 is 17.7 Å². The number of carbonyl (C=O) groups is 2. The maximum atomic E-state index is 11.7. The van der Waals surface area contributed by atoms with Crippen LogP contribution in [0.5, 0.6) is 11.5 Å². The molecule has 0 aliphatic heterocycles. The molecule has 0 atom stereocenters. The SMILES string of the molecule is COc1cc(OCC(=O)OCC(=O)Nc2nnc(C(C)C)o2)ccc1[N+](=O)[O-]. The van der Waals surface area contributed by atoms with Gasteiger partial charge in [0, 0.05) is 18.1 Å². The molecule has 0 bridgehead atoms. The molecule has 1 aromatic heterocycles. The molecule has 0 saturated heterocycles. The first-order chi connectivity index (χ1) is 13.3. The van der Waals surface area contributed by atoms with E-state index in [1.54, 1.807) is 0 Å². The van der Waals surface area contributed by atoms with Gasteiger partial charge in [-0.1, -0.05) is 18.9 Å². The fraction of sp³-hybridized carbons (Fsp3) is 0.375. The standard InChI is InChI=1S/C16H18N4O8/c1-9(2)15-18-19-16(28-15)17-13(21)7-27-14(22)8-26-10-4-5-11(20(23)24)12(6-10)25-3/h4-6,9H,7-8H2,1-3H3,(H,17,19,21). The summed E-state index contributed by atoms with van der Waals surface area (Å²) in [5, 5.41) is 20.5. The molecule has 0 fully saturated rings. The number of aromatic nitrogens is 2. The molecule has 0 aliphatic rings. The number of ether oxygens (including phenoxy) is 3. The molecule has 0 radical (unpaired) electrons. The van der Waals surface area contributed by atoms with Gasteiger partial charge in [-0.15, -0.1) is 5.10 Å². The second-order valence-corrected chi connectivity index (χ2v) is 5.69. The number of nitrogens with zero attached hydrogens (tertiary/aromatic N) is 3. The van der Waals surface area contributed by atoms with Gasteiger partial charge in [0.05, 0.1) is 12.0 Å². The lowest BCUT2D eigenvalue weighted by Crippen LogP contribution is -2.23. The third-order valence-electron chi connectivity index (χ3n) is 3.25. The Kier molecular flexibility index (Phi) is 6.84. The predicted octanol–water partition coefficient (Wildman–Crippen LogP) is 1.67.